The maximum absolute atomic E-state index is 12.8. The van der Waals surface area contributed by atoms with Crippen LogP contribution in [-0.2, 0) is 26.5 Å². The van der Waals surface area contributed by atoms with Gasteiger partial charge in [0.25, 0.3) is 0 Å². The van der Waals surface area contributed by atoms with Crippen LogP contribution in [0.5, 0.6) is 0 Å². The van der Waals surface area contributed by atoms with E-state index in [2.05, 4.69) is 106 Å². The van der Waals surface area contributed by atoms with Crippen molar-refractivity contribution in [2.75, 3.05) is 0 Å². The number of hydrogen-bond acceptors (Lipinski definition) is 3. The molecule has 4 aromatic carbocycles. The van der Waals surface area contributed by atoms with Gasteiger partial charge in [-0.2, -0.15) is 0 Å². The smallest absolute Gasteiger partial charge is 0.121 e. The van der Waals surface area contributed by atoms with Crippen molar-refractivity contribution < 1.29 is 28.9 Å². The summed E-state index contributed by atoms with van der Waals surface area (Å²) in [6.07, 6.45) is 10.5. The summed E-state index contributed by atoms with van der Waals surface area (Å²) in [6.45, 7) is 0. The van der Waals surface area contributed by atoms with Gasteiger partial charge < -0.3 is 9.40 Å². The SMILES string of the molecule is [CH3][Ge]([CH3])([CH3])[c]1ccc(-c2[c-]cc(F)cc2)nc1.[Ir].[c-]1ccc2c(oc3cc(-c4ccccc4)ccc32)c1-c1cc(CC2CCCC2)ccn1. The molecule has 0 aliphatic heterocycles. The van der Waals surface area contributed by atoms with Crippen molar-refractivity contribution in [2.45, 2.75) is 49.4 Å². The predicted molar refractivity (Wildman–Crippen MR) is 198 cm³/mol. The Morgan fingerprint density at radius 1 is 0.796 bits per heavy atom. The fraction of sp³-hybridized carbons (Fsp3) is 0.209. The van der Waals surface area contributed by atoms with E-state index in [0.717, 1.165) is 62.4 Å². The summed E-state index contributed by atoms with van der Waals surface area (Å²) in [6, 6.07) is 40.3. The predicted octanol–water partition coefficient (Wildman–Crippen LogP) is 11.1. The van der Waals surface area contributed by atoms with Gasteiger partial charge in [0.2, 0.25) is 0 Å². The number of furan rings is 1. The molecule has 0 spiro atoms. The van der Waals surface area contributed by atoms with Crippen LogP contribution in [0.15, 0.2) is 120 Å². The maximum Gasteiger partial charge on any atom is 0.121 e. The molecule has 249 valence electrons. The molecule has 1 aliphatic carbocycles. The Morgan fingerprint density at radius 3 is 2.33 bits per heavy atom. The van der Waals surface area contributed by atoms with E-state index in [9.17, 15) is 4.39 Å². The van der Waals surface area contributed by atoms with E-state index in [1.165, 1.54) is 53.3 Å². The van der Waals surface area contributed by atoms with E-state index < -0.39 is 13.3 Å². The molecule has 3 nitrogen and oxygen atoms in total. The summed E-state index contributed by atoms with van der Waals surface area (Å²) in [5.74, 6) is 7.55. The molecule has 8 rings (SSSR count). The summed E-state index contributed by atoms with van der Waals surface area (Å²) >= 11 is -1.79. The average molecular weight is 884 g/mol. The van der Waals surface area contributed by atoms with Gasteiger partial charge in [-0.1, -0.05) is 90.7 Å². The van der Waals surface area contributed by atoms with Gasteiger partial charge >= 0.3 is 104 Å². The van der Waals surface area contributed by atoms with Crippen LogP contribution in [-0.4, -0.2) is 23.2 Å². The molecular formula is C43H39FGeIrN2O-2. The summed E-state index contributed by atoms with van der Waals surface area (Å²) in [4.78, 5) is 9.12. The molecule has 0 bridgehead atoms. The van der Waals surface area contributed by atoms with Crippen molar-refractivity contribution in [3.05, 3.63) is 139 Å². The van der Waals surface area contributed by atoms with Crippen LogP contribution < -0.4 is 4.40 Å². The molecule has 6 heteroatoms. The van der Waals surface area contributed by atoms with Crippen molar-refractivity contribution in [1.82, 2.24) is 9.97 Å². The number of nitrogens with zero attached hydrogens (tertiary/aromatic N) is 2. The zero-order valence-corrected chi connectivity index (χ0v) is 32.6. The van der Waals surface area contributed by atoms with Gasteiger partial charge in [0.15, 0.2) is 0 Å². The molecule has 0 saturated heterocycles. The summed E-state index contributed by atoms with van der Waals surface area (Å²) in [5.41, 5.74) is 9.07. The van der Waals surface area contributed by atoms with Crippen molar-refractivity contribution in [2.24, 2.45) is 5.92 Å². The third kappa shape index (κ3) is 8.12. The Hall–Kier alpha value is -3.90. The zero-order chi connectivity index (χ0) is 33.1. The molecule has 1 aliphatic rings. The van der Waals surface area contributed by atoms with Gasteiger partial charge in [-0.25, -0.2) is 0 Å². The Kier molecular flexibility index (Phi) is 10.9. The molecule has 1 radical (unpaired) electrons. The van der Waals surface area contributed by atoms with Gasteiger partial charge in [-0.15, -0.1) is 18.2 Å². The molecule has 0 atom stereocenters. The largest absolute Gasteiger partial charge is 0.501 e. The first kappa shape index (κ1) is 34.9. The average Bonchev–Trinajstić information content (AvgIpc) is 3.76. The molecular weight excluding hydrogens is 844 g/mol. The summed E-state index contributed by atoms with van der Waals surface area (Å²) in [7, 11) is 0. The Balaban J connectivity index is 0.000000198. The first-order valence-electron chi connectivity index (χ1n) is 16.8. The molecule has 49 heavy (non-hydrogen) atoms. The Bertz CT molecular complexity index is 2150. The van der Waals surface area contributed by atoms with Crippen molar-refractivity contribution in [3.63, 3.8) is 0 Å². The molecule has 1 saturated carbocycles. The van der Waals surface area contributed by atoms with Gasteiger partial charge in [-0.05, 0) is 41.3 Å². The van der Waals surface area contributed by atoms with Crippen LogP contribution in [0.2, 0.25) is 17.3 Å². The van der Waals surface area contributed by atoms with E-state index in [-0.39, 0.29) is 25.9 Å². The van der Waals surface area contributed by atoms with E-state index in [4.69, 9.17) is 4.42 Å². The number of benzene rings is 4. The third-order valence-corrected chi connectivity index (χ3v) is 13.6. The molecule has 3 heterocycles. The van der Waals surface area contributed by atoms with Gasteiger partial charge in [0, 0.05) is 31.7 Å². The minimum absolute atomic E-state index is 0. The summed E-state index contributed by atoms with van der Waals surface area (Å²) < 4.78 is 20.6. The molecule has 7 aromatic rings. The molecule has 0 unspecified atom stereocenters. The zero-order valence-electron chi connectivity index (χ0n) is 28.1. The standard InChI is InChI=1S/C29H24NO.C14H15FGeN.Ir/c1-2-9-22(10-3-1)23-13-14-24-25-11-6-12-26(29(25)31-28(24)19-23)27-18-21(15-16-30-27)17-20-7-4-5-8-20;1-16(2,3)13-8-9-14(17-10-13)11-4-6-12(15)7-5-11;/h1-3,6,9-11,13-16,18-20H,4-5,7-8,17H2;4,6-10H,1-3H3;/q2*-1;. The fourth-order valence-electron chi connectivity index (χ4n) is 6.59. The fourth-order valence-corrected chi connectivity index (χ4v) is 8.76. The van der Waals surface area contributed by atoms with Crippen LogP contribution in [0.4, 0.5) is 4.39 Å². The molecule has 3 aromatic heterocycles. The van der Waals surface area contributed by atoms with Gasteiger partial charge in [0.05, 0.1) is 5.58 Å². The molecule has 1 fully saturated rings. The Morgan fingerprint density at radius 2 is 1.61 bits per heavy atom. The maximum atomic E-state index is 12.8. The second-order valence-electron chi connectivity index (χ2n) is 13.8. The first-order valence-corrected chi connectivity index (χ1v) is 24.2. The van der Waals surface area contributed by atoms with Crippen LogP contribution in [0.25, 0.3) is 55.6 Å². The monoisotopic (exact) mass is 885 g/mol. The summed E-state index contributed by atoms with van der Waals surface area (Å²) in [5, 5.41) is 2.25. The Labute approximate surface area is 304 Å². The number of hydrogen-bond donors (Lipinski definition) is 0. The number of fused-ring (bicyclic) bond motifs is 3. The van der Waals surface area contributed by atoms with Crippen LogP contribution >= 0.6 is 0 Å². The minimum atomic E-state index is -1.79. The quantitative estimate of drug-likeness (QED) is 0.123. The van der Waals surface area contributed by atoms with Crippen molar-refractivity contribution >= 4 is 39.6 Å². The van der Waals surface area contributed by atoms with E-state index in [1.54, 1.807) is 6.07 Å². The second-order valence-corrected chi connectivity index (χ2v) is 24.4. The van der Waals surface area contributed by atoms with Crippen molar-refractivity contribution in [1.29, 1.82) is 0 Å². The van der Waals surface area contributed by atoms with Gasteiger partial charge in [0.1, 0.15) is 5.58 Å². The van der Waals surface area contributed by atoms with Crippen LogP contribution in [0.3, 0.4) is 0 Å². The van der Waals surface area contributed by atoms with Crippen LogP contribution in [0.1, 0.15) is 31.2 Å². The number of halogens is 1. The number of aromatic nitrogens is 2. The normalized spacial score (nSPS) is 13.2. The second kappa shape index (κ2) is 15.3. The van der Waals surface area contributed by atoms with E-state index >= 15 is 0 Å². The minimum Gasteiger partial charge on any atom is -0.501 e. The number of rotatable bonds is 6. The van der Waals surface area contributed by atoms with Crippen LogP contribution in [0, 0.1) is 23.9 Å². The van der Waals surface area contributed by atoms with Crippen molar-refractivity contribution in [3.8, 4) is 33.6 Å². The van der Waals surface area contributed by atoms with Gasteiger partial charge in [-0.3, -0.25) is 0 Å². The van der Waals surface area contributed by atoms with E-state index in [1.807, 2.05) is 30.6 Å². The molecule has 0 amide bonds. The number of pyridine rings is 2. The third-order valence-electron chi connectivity index (χ3n) is 9.30. The topological polar surface area (TPSA) is 38.9 Å². The molecule has 0 N–H and O–H groups in total. The first-order chi connectivity index (χ1) is 23.3. The van der Waals surface area contributed by atoms with E-state index in [0.29, 0.717) is 0 Å².